The van der Waals surface area contributed by atoms with Gasteiger partial charge in [-0.25, -0.2) is 0 Å². The maximum Gasteiger partial charge on any atom is 0.246 e. The van der Waals surface area contributed by atoms with Crippen molar-refractivity contribution in [3.05, 3.63) is 24.2 Å². The lowest BCUT2D eigenvalue weighted by atomic mass is 9.80. The number of nitrogens with one attached hydrogen (secondary N) is 2. The molecule has 0 aromatic carbocycles. The van der Waals surface area contributed by atoms with Crippen molar-refractivity contribution in [2.75, 3.05) is 6.54 Å². The van der Waals surface area contributed by atoms with Gasteiger partial charge in [-0.2, -0.15) is 5.26 Å². The van der Waals surface area contributed by atoms with Crippen molar-refractivity contribution >= 4 is 11.8 Å². The molecule has 6 heteroatoms. The second-order valence-corrected chi connectivity index (χ2v) is 5.61. The average molecular weight is 303 g/mol. The minimum absolute atomic E-state index is 0.0388. The summed E-state index contributed by atoms with van der Waals surface area (Å²) in [6.07, 6.45) is 6.47. The van der Waals surface area contributed by atoms with Crippen LogP contribution in [0.2, 0.25) is 0 Å². The molecule has 1 aliphatic rings. The van der Waals surface area contributed by atoms with Gasteiger partial charge < -0.3 is 15.1 Å². The minimum atomic E-state index is -0.866. The molecule has 0 unspecified atom stereocenters. The molecule has 0 radical (unpaired) electrons. The van der Waals surface area contributed by atoms with E-state index in [2.05, 4.69) is 10.6 Å². The smallest absolute Gasteiger partial charge is 0.246 e. The van der Waals surface area contributed by atoms with Crippen LogP contribution in [-0.2, 0) is 16.0 Å². The van der Waals surface area contributed by atoms with E-state index in [-0.39, 0.29) is 24.8 Å². The molecule has 1 aromatic heterocycles. The Bertz CT molecular complexity index is 539. The van der Waals surface area contributed by atoms with Crippen molar-refractivity contribution in [2.45, 2.75) is 50.5 Å². The van der Waals surface area contributed by atoms with Crippen molar-refractivity contribution in [1.82, 2.24) is 10.6 Å². The summed E-state index contributed by atoms with van der Waals surface area (Å²) in [5, 5.41) is 14.1. The molecule has 22 heavy (non-hydrogen) atoms. The molecule has 2 rings (SSSR count). The number of nitrogens with zero attached hydrogens (tertiary/aromatic N) is 1. The first-order valence-electron chi connectivity index (χ1n) is 7.65. The summed E-state index contributed by atoms with van der Waals surface area (Å²) in [6, 6.07) is 5.50. The summed E-state index contributed by atoms with van der Waals surface area (Å²) >= 11 is 0. The van der Waals surface area contributed by atoms with E-state index in [1.807, 2.05) is 12.1 Å². The van der Waals surface area contributed by atoms with Crippen LogP contribution < -0.4 is 10.6 Å². The van der Waals surface area contributed by atoms with Crippen molar-refractivity contribution in [1.29, 1.82) is 5.26 Å². The van der Waals surface area contributed by atoms with E-state index in [9.17, 15) is 9.59 Å². The highest BCUT2D eigenvalue weighted by Gasteiger charge is 2.40. The highest BCUT2D eigenvalue weighted by Crippen LogP contribution is 2.28. The van der Waals surface area contributed by atoms with Crippen LogP contribution in [0.5, 0.6) is 0 Å². The Labute approximate surface area is 129 Å². The number of nitriles is 1. The Kier molecular flexibility index (Phi) is 5.59. The molecule has 1 aromatic rings. The SMILES string of the molecule is N#CCNC(=O)C1(NC(=O)CCc2ccco2)CCCCC1. The van der Waals surface area contributed by atoms with Crippen molar-refractivity contribution in [3.8, 4) is 6.07 Å². The molecule has 1 aliphatic carbocycles. The molecule has 0 bridgehead atoms. The molecule has 1 fully saturated rings. The highest BCUT2D eigenvalue weighted by atomic mass is 16.3. The van der Waals surface area contributed by atoms with Crippen LogP contribution in [0.25, 0.3) is 0 Å². The summed E-state index contributed by atoms with van der Waals surface area (Å²) in [6.45, 7) is -0.0388. The van der Waals surface area contributed by atoms with E-state index in [4.69, 9.17) is 9.68 Å². The van der Waals surface area contributed by atoms with Crippen LogP contribution in [0.3, 0.4) is 0 Å². The summed E-state index contributed by atoms with van der Waals surface area (Å²) < 4.78 is 5.20. The largest absolute Gasteiger partial charge is 0.469 e. The van der Waals surface area contributed by atoms with Gasteiger partial charge >= 0.3 is 0 Å². The zero-order valence-corrected chi connectivity index (χ0v) is 12.6. The first-order valence-corrected chi connectivity index (χ1v) is 7.65. The lowest BCUT2D eigenvalue weighted by Gasteiger charge is -2.36. The van der Waals surface area contributed by atoms with Gasteiger partial charge in [-0.05, 0) is 25.0 Å². The first kappa shape index (κ1) is 16.1. The molecule has 0 spiro atoms. The summed E-state index contributed by atoms with van der Waals surface area (Å²) in [5.74, 6) is 0.340. The average Bonchev–Trinajstić information content (AvgIpc) is 3.05. The zero-order valence-electron chi connectivity index (χ0n) is 12.6. The maximum atomic E-state index is 12.4. The third-order valence-corrected chi connectivity index (χ3v) is 4.03. The third kappa shape index (κ3) is 4.10. The van der Waals surface area contributed by atoms with Crippen LogP contribution in [0, 0.1) is 11.3 Å². The van der Waals surface area contributed by atoms with Crippen LogP contribution in [0.15, 0.2) is 22.8 Å². The highest BCUT2D eigenvalue weighted by molar-refractivity contribution is 5.91. The van der Waals surface area contributed by atoms with Crippen molar-refractivity contribution in [3.63, 3.8) is 0 Å². The molecule has 0 saturated heterocycles. The summed E-state index contributed by atoms with van der Waals surface area (Å²) in [7, 11) is 0. The monoisotopic (exact) mass is 303 g/mol. The van der Waals surface area contributed by atoms with E-state index >= 15 is 0 Å². The molecule has 0 aliphatic heterocycles. The quantitative estimate of drug-likeness (QED) is 0.781. The van der Waals surface area contributed by atoms with Gasteiger partial charge in [0.05, 0.1) is 12.3 Å². The zero-order chi connectivity index (χ0) is 15.8. The van der Waals surface area contributed by atoms with Gasteiger partial charge in [0.2, 0.25) is 11.8 Å². The topological polar surface area (TPSA) is 95.1 Å². The third-order valence-electron chi connectivity index (χ3n) is 4.03. The molecular weight excluding hydrogens is 282 g/mol. The molecule has 1 heterocycles. The second kappa shape index (κ2) is 7.64. The number of amides is 2. The number of carbonyl (C=O) groups is 2. The molecule has 0 atom stereocenters. The van der Waals surface area contributed by atoms with Gasteiger partial charge in [0.1, 0.15) is 17.8 Å². The maximum absolute atomic E-state index is 12.4. The Morgan fingerprint density at radius 3 is 2.73 bits per heavy atom. The number of aryl methyl sites for hydroxylation is 1. The van der Waals surface area contributed by atoms with Crippen molar-refractivity contribution in [2.24, 2.45) is 0 Å². The van der Waals surface area contributed by atoms with Gasteiger partial charge in [-0.1, -0.05) is 19.3 Å². The second-order valence-electron chi connectivity index (χ2n) is 5.61. The fraction of sp³-hybridized carbons (Fsp3) is 0.562. The fourth-order valence-corrected chi connectivity index (χ4v) is 2.87. The number of hydrogen-bond donors (Lipinski definition) is 2. The van der Waals surface area contributed by atoms with Gasteiger partial charge in [0.25, 0.3) is 0 Å². The number of carbonyl (C=O) groups excluding carboxylic acids is 2. The van der Waals surface area contributed by atoms with Gasteiger partial charge in [0.15, 0.2) is 0 Å². The van der Waals surface area contributed by atoms with E-state index in [1.54, 1.807) is 12.3 Å². The minimum Gasteiger partial charge on any atom is -0.469 e. The molecule has 6 nitrogen and oxygen atoms in total. The standard InChI is InChI=1S/C16H21N3O3/c17-10-11-18-15(21)16(8-2-1-3-9-16)19-14(20)7-6-13-5-4-12-22-13/h4-5,12H,1-3,6-9,11H2,(H,18,21)(H,19,20). The molecule has 2 N–H and O–H groups in total. The van der Waals surface area contributed by atoms with Gasteiger partial charge in [-0.3, -0.25) is 9.59 Å². The summed E-state index contributed by atoms with van der Waals surface area (Å²) in [4.78, 5) is 24.5. The molecular formula is C16H21N3O3. The Balaban J connectivity index is 1.95. The van der Waals surface area contributed by atoms with Gasteiger partial charge in [-0.15, -0.1) is 0 Å². The van der Waals surface area contributed by atoms with Crippen molar-refractivity contribution < 1.29 is 14.0 Å². The van der Waals surface area contributed by atoms with Gasteiger partial charge in [0, 0.05) is 12.8 Å². The van der Waals surface area contributed by atoms with E-state index < -0.39 is 5.54 Å². The predicted octanol–water partition coefficient (Wildman–Crippen LogP) is 1.67. The van der Waals surface area contributed by atoms with Crippen LogP contribution in [0.1, 0.15) is 44.3 Å². The van der Waals surface area contributed by atoms with E-state index in [0.717, 1.165) is 25.0 Å². The van der Waals surface area contributed by atoms with E-state index in [0.29, 0.717) is 19.3 Å². The normalized spacial score (nSPS) is 16.5. The van der Waals surface area contributed by atoms with Crippen LogP contribution in [-0.4, -0.2) is 23.9 Å². The molecule has 118 valence electrons. The van der Waals surface area contributed by atoms with Crippen LogP contribution in [0.4, 0.5) is 0 Å². The Hall–Kier alpha value is -2.29. The van der Waals surface area contributed by atoms with Crippen LogP contribution >= 0.6 is 0 Å². The summed E-state index contributed by atoms with van der Waals surface area (Å²) in [5.41, 5.74) is -0.866. The first-order chi connectivity index (χ1) is 10.7. The van der Waals surface area contributed by atoms with E-state index in [1.165, 1.54) is 0 Å². The predicted molar refractivity (Wildman–Crippen MR) is 79.6 cm³/mol. The lowest BCUT2D eigenvalue weighted by molar-refractivity contribution is -0.135. The fourth-order valence-electron chi connectivity index (χ4n) is 2.87. The lowest BCUT2D eigenvalue weighted by Crippen LogP contribution is -2.59. The Morgan fingerprint density at radius 1 is 1.32 bits per heavy atom. The molecule has 1 saturated carbocycles. The Morgan fingerprint density at radius 2 is 2.09 bits per heavy atom. The molecule has 2 amide bonds. The number of furan rings is 1. The number of rotatable bonds is 6. The number of hydrogen-bond acceptors (Lipinski definition) is 4.